The Kier molecular flexibility index (Phi) is 2.46. The normalized spacial score (nSPS) is 10.5. The van der Waals surface area contributed by atoms with Crippen LogP contribution in [0.2, 0.25) is 0 Å². The summed E-state index contributed by atoms with van der Waals surface area (Å²) >= 11 is 0. The highest BCUT2D eigenvalue weighted by Gasteiger charge is 2.03. The van der Waals surface area contributed by atoms with E-state index < -0.39 is 0 Å². The molecular weight excluding hydrogens is 188 g/mol. The van der Waals surface area contributed by atoms with Gasteiger partial charge in [-0.05, 0) is 25.5 Å². The molecule has 0 aliphatic carbocycles. The summed E-state index contributed by atoms with van der Waals surface area (Å²) in [5.74, 6) is 0. The molecule has 0 saturated heterocycles. The van der Waals surface area contributed by atoms with Crippen molar-refractivity contribution in [3.8, 4) is 11.3 Å². The number of nitrogens with one attached hydrogen (secondary N) is 1. The lowest BCUT2D eigenvalue weighted by Gasteiger charge is -1.99. The van der Waals surface area contributed by atoms with Gasteiger partial charge in [0.15, 0.2) is 0 Å². The third kappa shape index (κ3) is 1.86. The lowest BCUT2D eigenvalue weighted by atomic mass is 10.1. The minimum absolute atomic E-state index is 0.0222. The van der Waals surface area contributed by atoms with E-state index in [9.17, 15) is 4.79 Å². The van der Waals surface area contributed by atoms with E-state index >= 15 is 0 Å². The minimum Gasteiger partial charge on any atom is -0.295 e. The Hall–Kier alpha value is -1.77. The van der Waals surface area contributed by atoms with Gasteiger partial charge in [-0.2, -0.15) is 0 Å². The van der Waals surface area contributed by atoms with Crippen LogP contribution < -0.4 is 5.56 Å². The van der Waals surface area contributed by atoms with Crippen LogP contribution in [-0.2, 0) is 6.54 Å². The van der Waals surface area contributed by atoms with Crippen LogP contribution in [0.5, 0.6) is 0 Å². The van der Waals surface area contributed by atoms with E-state index in [0.29, 0.717) is 6.54 Å². The Labute approximate surface area is 88.4 Å². The highest BCUT2D eigenvalue weighted by atomic mass is 16.1. The van der Waals surface area contributed by atoms with Crippen LogP contribution in [0.4, 0.5) is 0 Å². The number of benzene rings is 1. The zero-order valence-corrected chi connectivity index (χ0v) is 8.95. The maximum atomic E-state index is 11.5. The number of rotatable bonds is 2. The fraction of sp³-hybridized carbons (Fsp3) is 0.250. The van der Waals surface area contributed by atoms with Crippen LogP contribution in [0.15, 0.2) is 35.1 Å². The number of aromatic nitrogens is 2. The Morgan fingerprint density at radius 1 is 1.33 bits per heavy atom. The third-order valence-electron chi connectivity index (χ3n) is 2.43. The summed E-state index contributed by atoms with van der Waals surface area (Å²) in [6.45, 7) is 4.65. The molecule has 0 atom stereocenters. The summed E-state index contributed by atoms with van der Waals surface area (Å²) in [4.78, 5) is 11.5. The predicted octanol–water partition coefficient (Wildman–Crippen LogP) is 2.17. The summed E-state index contributed by atoms with van der Waals surface area (Å²) in [5, 5.41) is 3.08. The minimum atomic E-state index is 0.0222. The molecule has 0 radical (unpaired) electrons. The number of H-pyrrole nitrogens is 1. The van der Waals surface area contributed by atoms with Gasteiger partial charge in [-0.25, -0.2) is 0 Å². The van der Waals surface area contributed by atoms with Gasteiger partial charge >= 0.3 is 0 Å². The number of aromatic amines is 1. The fourth-order valence-electron chi connectivity index (χ4n) is 1.63. The number of aryl methyl sites for hydroxylation is 2. The molecule has 0 fully saturated rings. The van der Waals surface area contributed by atoms with Crippen LogP contribution in [0.1, 0.15) is 12.5 Å². The van der Waals surface area contributed by atoms with E-state index in [4.69, 9.17) is 0 Å². The monoisotopic (exact) mass is 202 g/mol. The maximum Gasteiger partial charge on any atom is 0.267 e. The molecule has 1 heterocycles. The van der Waals surface area contributed by atoms with Crippen molar-refractivity contribution in [3.63, 3.8) is 0 Å². The fourth-order valence-corrected chi connectivity index (χ4v) is 1.63. The van der Waals surface area contributed by atoms with Crippen LogP contribution in [0.25, 0.3) is 11.3 Å². The van der Waals surface area contributed by atoms with E-state index in [1.54, 1.807) is 10.7 Å². The predicted molar refractivity (Wildman–Crippen MR) is 60.9 cm³/mol. The van der Waals surface area contributed by atoms with E-state index in [1.165, 1.54) is 5.56 Å². The van der Waals surface area contributed by atoms with E-state index in [1.807, 2.05) is 32.0 Å². The zero-order valence-electron chi connectivity index (χ0n) is 8.95. The van der Waals surface area contributed by atoms with Gasteiger partial charge in [0.1, 0.15) is 0 Å². The molecule has 2 aromatic rings. The van der Waals surface area contributed by atoms with E-state index in [2.05, 4.69) is 11.2 Å². The van der Waals surface area contributed by atoms with Gasteiger partial charge in [0.05, 0.1) is 5.69 Å². The van der Waals surface area contributed by atoms with Gasteiger partial charge in [0, 0.05) is 12.6 Å². The molecule has 0 saturated carbocycles. The van der Waals surface area contributed by atoms with Crippen molar-refractivity contribution in [1.82, 2.24) is 9.78 Å². The number of hydrogen-bond acceptors (Lipinski definition) is 1. The standard InChI is InChI=1S/C12H14N2O/c1-3-14-12(15)8-11(13-14)10-6-4-5-9(2)7-10/h4-8,13H,3H2,1-2H3. The molecule has 78 valence electrons. The summed E-state index contributed by atoms with van der Waals surface area (Å²) in [6, 6.07) is 9.73. The van der Waals surface area contributed by atoms with Gasteiger partial charge in [-0.15, -0.1) is 0 Å². The highest BCUT2D eigenvalue weighted by Crippen LogP contribution is 2.16. The molecule has 1 aromatic carbocycles. The van der Waals surface area contributed by atoms with E-state index in [0.717, 1.165) is 11.3 Å². The lowest BCUT2D eigenvalue weighted by Crippen LogP contribution is -2.13. The van der Waals surface area contributed by atoms with Crippen molar-refractivity contribution < 1.29 is 0 Å². The molecule has 0 bridgehead atoms. The van der Waals surface area contributed by atoms with Crippen molar-refractivity contribution in [1.29, 1.82) is 0 Å². The number of hydrogen-bond donors (Lipinski definition) is 1. The average molecular weight is 202 g/mol. The molecule has 0 unspecified atom stereocenters. The SMILES string of the molecule is CCn1[nH]c(-c2cccc(C)c2)cc1=O. The largest absolute Gasteiger partial charge is 0.295 e. The first-order valence-electron chi connectivity index (χ1n) is 5.07. The van der Waals surface area contributed by atoms with Crippen molar-refractivity contribution in [2.45, 2.75) is 20.4 Å². The Balaban J connectivity index is 2.50. The molecule has 0 aliphatic rings. The molecule has 0 amide bonds. The second-order valence-electron chi connectivity index (χ2n) is 3.62. The molecule has 3 nitrogen and oxygen atoms in total. The van der Waals surface area contributed by atoms with Crippen LogP contribution >= 0.6 is 0 Å². The maximum absolute atomic E-state index is 11.5. The second-order valence-corrected chi connectivity index (χ2v) is 3.62. The first kappa shape index (κ1) is 9.77. The third-order valence-corrected chi connectivity index (χ3v) is 2.43. The molecule has 15 heavy (non-hydrogen) atoms. The summed E-state index contributed by atoms with van der Waals surface area (Å²) in [7, 11) is 0. The van der Waals surface area contributed by atoms with Gasteiger partial charge < -0.3 is 0 Å². The smallest absolute Gasteiger partial charge is 0.267 e. The molecular formula is C12H14N2O. The summed E-state index contributed by atoms with van der Waals surface area (Å²) in [5.41, 5.74) is 3.15. The van der Waals surface area contributed by atoms with Crippen molar-refractivity contribution >= 4 is 0 Å². The van der Waals surface area contributed by atoms with Crippen LogP contribution in [0, 0.1) is 6.92 Å². The lowest BCUT2D eigenvalue weighted by molar-refractivity contribution is 0.640. The Morgan fingerprint density at radius 3 is 2.73 bits per heavy atom. The van der Waals surface area contributed by atoms with Gasteiger partial charge in [-0.1, -0.05) is 23.8 Å². The number of nitrogens with zero attached hydrogens (tertiary/aromatic N) is 1. The Bertz CT molecular complexity index is 522. The second kappa shape index (κ2) is 3.77. The van der Waals surface area contributed by atoms with Crippen molar-refractivity contribution in [2.75, 3.05) is 0 Å². The van der Waals surface area contributed by atoms with Gasteiger partial charge in [0.25, 0.3) is 5.56 Å². The molecule has 1 aromatic heterocycles. The average Bonchev–Trinajstić information content (AvgIpc) is 2.60. The van der Waals surface area contributed by atoms with Crippen LogP contribution in [-0.4, -0.2) is 9.78 Å². The van der Waals surface area contributed by atoms with Crippen LogP contribution in [0.3, 0.4) is 0 Å². The Morgan fingerprint density at radius 2 is 2.13 bits per heavy atom. The molecule has 1 N–H and O–H groups in total. The zero-order chi connectivity index (χ0) is 10.8. The van der Waals surface area contributed by atoms with Crippen molar-refractivity contribution in [2.24, 2.45) is 0 Å². The van der Waals surface area contributed by atoms with Crippen molar-refractivity contribution in [3.05, 3.63) is 46.2 Å². The first-order chi connectivity index (χ1) is 7.20. The van der Waals surface area contributed by atoms with E-state index in [-0.39, 0.29) is 5.56 Å². The summed E-state index contributed by atoms with van der Waals surface area (Å²) in [6.07, 6.45) is 0. The van der Waals surface area contributed by atoms with Gasteiger partial charge in [0.2, 0.25) is 0 Å². The molecule has 3 heteroatoms. The quantitative estimate of drug-likeness (QED) is 0.796. The molecule has 0 aliphatic heterocycles. The van der Waals surface area contributed by atoms with Gasteiger partial charge in [-0.3, -0.25) is 14.6 Å². The molecule has 0 spiro atoms. The summed E-state index contributed by atoms with van der Waals surface area (Å²) < 4.78 is 1.59. The highest BCUT2D eigenvalue weighted by molar-refractivity contribution is 5.59. The molecule has 2 rings (SSSR count). The topological polar surface area (TPSA) is 37.8 Å². The first-order valence-corrected chi connectivity index (χ1v) is 5.07.